The molecule has 0 spiro atoms. The zero-order valence-corrected chi connectivity index (χ0v) is 21.6. The number of aryl methyl sites for hydroxylation is 1. The second-order valence-corrected chi connectivity index (χ2v) is 10.0. The summed E-state index contributed by atoms with van der Waals surface area (Å²) in [5.74, 6) is 0.756. The van der Waals surface area contributed by atoms with Gasteiger partial charge in [-0.15, -0.1) is 0 Å². The molecule has 2 aromatic rings. The summed E-state index contributed by atoms with van der Waals surface area (Å²) in [6, 6.07) is 5.10. The van der Waals surface area contributed by atoms with Crippen LogP contribution in [0.5, 0.6) is 5.75 Å². The Morgan fingerprint density at radius 3 is 2.42 bits per heavy atom. The molecule has 4 rings (SSSR count). The zero-order valence-electron chi connectivity index (χ0n) is 21.6. The van der Waals surface area contributed by atoms with E-state index in [1.165, 1.54) is 16.2 Å². The maximum atomic E-state index is 13.3. The fourth-order valence-corrected chi connectivity index (χ4v) is 5.59. The van der Waals surface area contributed by atoms with E-state index in [0.29, 0.717) is 42.8 Å². The van der Waals surface area contributed by atoms with E-state index in [-0.39, 0.29) is 47.5 Å². The highest BCUT2D eigenvalue weighted by molar-refractivity contribution is 5.81. The smallest absolute Gasteiger partial charge is 0.331 e. The van der Waals surface area contributed by atoms with Crippen molar-refractivity contribution in [2.24, 2.45) is 18.9 Å². The van der Waals surface area contributed by atoms with Crippen LogP contribution in [0, 0.1) is 11.8 Å². The van der Waals surface area contributed by atoms with Crippen LogP contribution in [-0.4, -0.2) is 77.3 Å². The molecular formula is C26H36N4O6. The number of nitrogens with zero attached hydrogens (tertiary/aromatic N) is 4. The third-order valence-electron chi connectivity index (χ3n) is 7.73. The van der Waals surface area contributed by atoms with E-state index in [4.69, 9.17) is 9.47 Å². The van der Waals surface area contributed by atoms with Crippen molar-refractivity contribution in [2.45, 2.75) is 45.2 Å². The summed E-state index contributed by atoms with van der Waals surface area (Å²) < 4.78 is 13.0. The largest absolute Gasteiger partial charge is 0.497 e. The highest BCUT2D eigenvalue weighted by Gasteiger charge is 2.35. The van der Waals surface area contributed by atoms with Gasteiger partial charge in [-0.2, -0.15) is 0 Å². The Morgan fingerprint density at radius 1 is 1.06 bits per heavy atom. The van der Waals surface area contributed by atoms with Crippen LogP contribution < -0.4 is 16.0 Å². The van der Waals surface area contributed by atoms with Gasteiger partial charge in [-0.1, -0.05) is 0 Å². The van der Waals surface area contributed by atoms with Gasteiger partial charge in [-0.05, 0) is 56.7 Å². The molecule has 0 radical (unpaired) electrons. The Bertz CT molecular complexity index is 1240. The Labute approximate surface area is 210 Å². The molecule has 0 unspecified atom stereocenters. The third kappa shape index (κ3) is 5.04. The maximum Gasteiger partial charge on any atom is 0.331 e. The van der Waals surface area contributed by atoms with Crippen molar-refractivity contribution in [2.75, 3.05) is 40.5 Å². The van der Waals surface area contributed by atoms with Gasteiger partial charge in [0.1, 0.15) is 12.4 Å². The topological polar surface area (TPSA) is 103 Å². The minimum atomic E-state index is -0.328. The molecule has 196 valence electrons. The summed E-state index contributed by atoms with van der Waals surface area (Å²) >= 11 is 0. The lowest BCUT2D eigenvalue weighted by Gasteiger charge is -2.42. The standard InChI is InChI=1S/C26H36N4O6/c1-17-14-28(23(31)16-35-3)11-12-29(17)24(32)19-7-5-18(6-8-19)15-30-25(33)21-13-20(36-4)9-10-22(21)27(2)26(30)34/h9-10,13,17-19H,5-8,11-12,14-16H2,1-4H3/t17-,18?,19?/m1/s1. The number of aromatic nitrogens is 2. The summed E-state index contributed by atoms with van der Waals surface area (Å²) in [5.41, 5.74) is -0.0556. The molecule has 1 saturated heterocycles. The van der Waals surface area contributed by atoms with E-state index in [2.05, 4.69) is 0 Å². The molecule has 0 N–H and O–H groups in total. The number of piperazine rings is 1. The van der Waals surface area contributed by atoms with Crippen molar-refractivity contribution >= 4 is 22.7 Å². The second-order valence-electron chi connectivity index (χ2n) is 10.0. The van der Waals surface area contributed by atoms with Crippen LogP contribution in [0.15, 0.2) is 27.8 Å². The van der Waals surface area contributed by atoms with E-state index in [1.54, 1.807) is 37.3 Å². The molecule has 2 amide bonds. The first-order chi connectivity index (χ1) is 17.2. The molecule has 1 aliphatic heterocycles. The molecule has 1 saturated carbocycles. The van der Waals surface area contributed by atoms with Crippen molar-refractivity contribution in [1.29, 1.82) is 0 Å². The van der Waals surface area contributed by atoms with Gasteiger partial charge in [-0.3, -0.25) is 23.5 Å². The summed E-state index contributed by atoms with van der Waals surface area (Å²) in [6.07, 6.45) is 3.02. The van der Waals surface area contributed by atoms with Crippen molar-refractivity contribution < 1.29 is 19.1 Å². The molecule has 36 heavy (non-hydrogen) atoms. The first kappa shape index (κ1) is 25.9. The van der Waals surface area contributed by atoms with Gasteiger partial charge in [0.25, 0.3) is 5.56 Å². The van der Waals surface area contributed by atoms with E-state index >= 15 is 0 Å². The molecule has 10 heteroatoms. The summed E-state index contributed by atoms with van der Waals surface area (Å²) in [4.78, 5) is 55.2. The van der Waals surface area contributed by atoms with Gasteiger partial charge in [0, 0.05) is 52.3 Å². The van der Waals surface area contributed by atoms with Crippen LogP contribution in [0.1, 0.15) is 32.6 Å². The lowest BCUT2D eigenvalue weighted by atomic mass is 9.81. The number of rotatable bonds is 6. The highest BCUT2D eigenvalue weighted by atomic mass is 16.5. The molecule has 1 atom stereocenters. The third-order valence-corrected chi connectivity index (χ3v) is 7.73. The SMILES string of the molecule is COCC(=O)N1CCN(C(=O)C2CCC(Cn3c(=O)c4cc(OC)ccc4n(C)c3=O)CC2)[C@H](C)C1. The molecule has 2 aliphatic rings. The maximum absolute atomic E-state index is 13.3. The quantitative estimate of drug-likeness (QED) is 0.591. The van der Waals surface area contributed by atoms with Crippen molar-refractivity contribution in [3.63, 3.8) is 0 Å². The summed E-state index contributed by atoms with van der Waals surface area (Å²) in [7, 11) is 4.72. The lowest BCUT2D eigenvalue weighted by Crippen LogP contribution is -2.57. The number of methoxy groups -OCH3 is 2. The minimum absolute atomic E-state index is 0.0408. The van der Waals surface area contributed by atoms with Gasteiger partial charge >= 0.3 is 5.69 Å². The number of hydrogen-bond acceptors (Lipinski definition) is 6. The molecular weight excluding hydrogens is 464 g/mol. The average molecular weight is 501 g/mol. The number of amides is 2. The number of fused-ring (bicyclic) bond motifs is 1. The normalized spacial score (nSPS) is 22.6. The molecule has 2 fully saturated rings. The van der Waals surface area contributed by atoms with Crippen molar-refractivity contribution in [3.8, 4) is 5.75 Å². The highest BCUT2D eigenvalue weighted by Crippen LogP contribution is 2.31. The van der Waals surface area contributed by atoms with Gasteiger partial charge in [0.05, 0.1) is 18.0 Å². The monoisotopic (exact) mass is 500 g/mol. The number of hydrogen-bond donors (Lipinski definition) is 0. The van der Waals surface area contributed by atoms with E-state index < -0.39 is 0 Å². The molecule has 2 heterocycles. The summed E-state index contributed by atoms with van der Waals surface area (Å²) in [6.45, 7) is 3.95. The first-order valence-electron chi connectivity index (χ1n) is 12.6. The van der Waals surface area contributed by atoms with Crippen LogP contribution in [0.2, 0.25) is 0 Å². The number of carbonyl (C=O) groups excluding carboxylic acids is 2. The molecule has 10 nitrogen and oxygen atoms in total. The number of carbonyl (C=O) groups is 2. The van der Waals surface area contributed by atoms with Gasteiger partial charge in [0.2, 0.25) is 11.8 Å². The first-order valence-corrected chi connectivity index (χ1v) is 12.6. The molecule has 1 aromatic heterocycles. The van der Waals surface area contributed by atoms with E-state index in [9.17, 15) is 19.2 Å². The number of ether oxygens (including phenoxy) is 2. The van der Waals surface area contributed by atoms with E-state index in [0.717, 1.165) is 25.7 Å². The van der Waals surface area contributed by atoms with Gasteiger partial charge in [-0.25, -0.2) is 4.79 Å². The Hall–Kier alpha value is -3.14. The van der Waals surface area contributed by atoms with Crippen LogP contribution in [0.3, 0.4) is 0 Å². The van der Waals surface area contributed by atoms with Crippen LogP contribution in [0.25, 0.3) is 10.9 Å². The Morgan fingerprint density at radius 2 is 1.78 bits per heavy atom. The van der Waals surface area contributed by atoms with Crippen LogP contribution >= 0.6 is 0 Å². The van der Waals surface area contributed by atoms with Crippen molar-refractivity contribution in [3.05, 3.63) is 39.0 Å². The molecule has 1 aromatic carbocycles. The Kier molecular flexibility index (Phi) is 7.82. The van der Waals surface area contributed by atoms with Crippen molar-refractivity contribution in [1.82, 2.24) is 18.9 Å². The minimum Gasteiger partial charge on any atom is -0.497 e. The summed E-state index contributed by atoms with van der Waals surface area (Å²) in [5, 5.41) is 0.456. The van der Waals surface area contributed by atoms with Crippen LogP contribution in [-0.2, 0) is 27.9 Å². The Balaban J connectivity index is 1.40. The average Bonchev–Trinajstić information content (AvgIpc) is 2.89. The molecule has 1 aliphatic carbocycles. The van der Waals surface area contributed by atoms with Gasteiger partial charge < -0.3 is 19.3 Å². The lowest BCUT2D eigenvalue weighted by molar-refractivity contribution is -0.147. The van der Waals surface area contributed by atoms with Crippen LogP contribution in [0.4, 0.5) is 0 Å². The van der Waals surface area contributed by atoms with Gasteiger partial charge in [0.15, 0.2) is 0 Å². The molecule has 0 bridgehead atoms. The predicted molar refractivity (Wildman–Crippen MR) is 135 cm³/mol. The second kappa shape index (κ2) is 10.9. The zero-order chi connectivity index (χ0) is 26.0. The fourth-order valence-electron chi connectivity index (χ4n) is 5.59. The predicted octanol–water partition coefficient (Wildman–Crippen LogP) is 1.22. The van der Waals surface area contributed by atoms with E-state index in [1.807, 2.05) is 11.8 Å². The number of benzene rings is 1. The fraction of sp³-hybridized carbons (Fsp3) is 0.615.